The molecule has 0 saturated heterocycles. The fourth-order valence-corrected chi connectivity index (χ4v) is 11.1. The van der Waals surface area contributed by atoms with Crippen LogP contribution in [0.4, 0.5) is 0 Å². The Bertz CT molecular complexity index is 1220. The van der Waals surface area contributed by atoms with Crippen LogP contribution in [0.1, 0.15) is 87.3 Å². The van der Waals surface area contributed by atoms with Gasteiger partial charge in [-0.25, -0.2) is 0 Å². The van der Waals surface area contributed by atoms with Crippen molar-refractivity contribution < 1.29 is 9.90 Å². The first-order valence-corrected chi connectivity index (χ1v) is 20.2. The number of nitrogens with two attached hydrogens (primary N) is 1. The Labute approximate surface area is 280 Å². The molecule has 1 fully saturated rings. The minimum absolute atomic E-state index is 0.110. The second kappa shape index (κ2) is 18.4. The zero-order chi connectivity index (χ0) is 31.3. The minimum atomic E-state index is -0.679. The lowest BCUT2D eigenvalue weighted by molar-refractivity contribution is -0.139. The van der Waals surface area contributed by atoms with E-state index < -0.39 is 5.97 Å². The number of carboxylic acid groups (broad SMARTS) is 1. The Balaban J connectivity index is 1.43. The van der Waals surface area contributed by atoms with Crippen LogP contribution in [0.15, 0.2) is 78.9 Å². The second-order valence-electron chi connectivity index (χ2n) is 14.0. The van der Waals surface area contributed by atoms with E-state index in [0.29, 0.717) is 30.2 Å². The zero-order valence-corrected chi connectivity index (χ0v) is 28.7. The first-order valence-electron chi connectivity index (χ1n) is 17.7. The van der Waals surface area contributed by atoms with Crippen molar-refractivity contribution in [2.75, 3.05) is 12.3 Å². The summed E-state index contributed by atoms with van der Waals surface area (Å²) in [4.78, 5) is 12.3. The van der Waals surface area contributed by atoms with Crippen LogP contribution < -0.4 is 5.73 Å². The molecule has 2 aromatic rings. The molecule has 0 spiro atoms. The van der Waals surface area contributed by atoms with E-state index in [1.807, 2.05) is 10.8 Å². The molecule has 3 N–H and O–H groups in total. The third kappa shape index (κ3) is 10.5. The molecule has 244 valence electrons. The molecule has 5 heteroatoms. The summed E-state index contributed by atoms with van der Waals surface area (Å²) >= 11 is 0. The fourth-order valence-electron chi connectivity index (χ4n) is 8.50. The molecule has 2 aromatic carbocycles. The van der Waals surface area contributed by atoms with E-state index in [-0.39, 0.29) is 18.3 Å². The predicted molar refractivity (Wildman–Crippen MR) is 194 cm³/mol. The van der Waals surface area contributed by atoms with E-state index in [4.69, 9.17) is 5.73 Å². The van der Waals surface area contributed by atoms with E-state index in [2.05, 4.69) is 89.7 Å². The first-order chi connectivity index (χ1) is 22.1. The quantitative estimate of drug-likeness (QED) is 0.188. The molecule has 2 aliphatic heterocycles. The molecule has 0 aromatic heterocycles. The van der Waals surface area contributed by atoms with Gasteiger partial charge in [0.2, 0.25) is 0 Å². The molecule has 2 heterocycles. The van der Waals surface area contributed by atoms with Crippen LogP contribution in [0.5, 0.6) is 0 Å². The van der Waals surface area contributed by atoms with Gasteiger partial charge in [-0.3, -0.25) is 4.79 Å². The van der Waals surface area contributed by atoms with Crippen LogP contribution >= 0.6 is 21.6 Å². The van der Waals surface area contributed by atoms with Gasteiger partial charge in [0.15, 0.2) is 0 Å². The van der Waals surface area contributed by atoms with Gasteiger partial charge in [0, 0.05) is 17.9 Å². The number of aliphatic carboxylic acids is 1. The van der Waals surface area contributed by atoms with Crippen LogP contribution in [0.25, 0.3) is 0 Å². The smallest absolute Gasteiger partial charge is 0.303 e. The number of fused-ring (bicyclic) bond motifs is 7. The molecule has 1 saturated carbocycles. The van der Waals surface area contributed by atoms with Crippen molar-refractivity contribution in [2.24, 2.45) is 47.2 Å². The molecule has 6 atom stereocenters. The van der Waals surface area contributed by atoms with Crippen molar-refractivity contribution in [3.05, 3.63) is 95.6 Å². The maximum atomic E-state index is 12.3. The topological polar surface area (TPSA) is 63.3 Å². The zero-order valence-electron chi connectivity index (χ0n) is 27.1. The van der Waals surface area contributed by atoms with E-state index in [9.17, 15) is 9.90 Å². The third-order valence-corrected chi connectivity index (χ3v) is 13.4. The summed E-state index contributed by atoms with van der Waals surface area (Å²) < 4.78 is 0. The molecule has 4 aliphatic rings. The Morgan fingerprint density at radius 2 is 1.60 bits per heavy atom. The Hall–Kier alpha value is -1.95. The maximum absolute atomic E-state index is 12.3. The van der Waals surface area contributed by atoms with Crippen LogP contribution in [0, 0.1) is 41.4 Å². The SMILES string of the molecule is NCCC1C2C=CC(Cc3ccccc3CSSCC(Cc3ccccc3)C(CC=CCCC3CCCCC3)C2)C1CC(=O)O. The highest BCUT2D eigenvalue weighted by molar-refractivity contribution is 8.76. The van der Waals surface area contributed by atoms with Crippen molar-refractivity contribution in [1.29, 1.82) is 0 Å². The van der Waals surface area contributed by atoms with Crippen LogP contribution in [-0.2, 0) is 23.4 Å². The molecule has 6 unspecified atom stereocenters. The summed E-state index contributed by atoms with van der Waals surface area (Å²) in [5, 5.41) is 10.1. The number of benzene rings is 2. The molecular formula is C40H55NO2S2. The molecule has 6 rings (SSSR count). The summed E-state index contributed by atoms with van der Waals surface area (Å²) in [6.45, 7) is 0.611. The van der Waals surface area contributed by atoms with E-state index >= 15 is 0 Å². The Kier molecular flexibility index (Phi) is 14.1. The standard InChI is InChI=1S/C40H55NO2S2/c41-23-22-38-34-20-21-35(39(38)27-40(42)43)25-32-18-10-11-19-36(32)28-44-45-29-37(24-31-15-7-2-8-16-31)33(26-34)17-9-3-6-14-30-12-4-1-5-13-30/h2-3,7-11,15-16,18-21,30,33-35,37-39H,1,4-6,12-14,17,22-29,41H2,(H,42,43). The summed E-state index contributed by atoms with van der Waals surface area (Å²) in [5.74, 6) is 4.45. The van der Waals surface area contributed by atoms with Gasteiger partial charge in [0.25, 0.3) is 0 Å². The third-order valence-electron chi connectivity index (χ3n) is 11.0. The Morgan fingerprint density at radius 1 is 0.844 bits per heavy atom. The lowest BCUT2D eigenvalue weighted by Crippen LogP contribution is -2.37. The molecule has 0 amide bonds. The maximum Gasteiger partial charge on any atom is 0.303 e. The van der Waals surface area contributed by atoms with Crippen molar-refractivity contribution in [1.82, 2.24) is 0 Å². The average molecular weight is 646 g/mol. The molecule has 45 heavy (non-hydrogen) atoms. The van der Waals surface area contributed by atoms with Gasteiger partial charge >= 0.3 is 5.97 Å². The van der Waals surface area contributed by atoms with Gasteiger partial charge < -0.3 is 10.8 Å². The van der Waals surface area contributed by atoms with E-state index in [0.717, 1.165) is 49.5 Å². The number of hydrogen-bond acceptors (Lipinski definition) is 4. The number of hydrogen-bond donors (Lipinski definition) is 2. The molecule has 2 bridgehead atoms. The monoisotopic (exact) mass is 645 g/mol. The highest BCUT2D eigenvalue weighted by Gasteiger charge is 2.39. The summed E-state index contributed by atoms with van der Waals surface area (Å²) in [5.41, 5.74) is 10.5. The van der Waals surface area contributed by atoms with Crippen molar-refractivity contribution in [3.63, 3.8) is 0 Å². The lowest BCUT2D eigenvalue weighted by atomic mass is 9.63. The van der Waals surface area contributed by atoms with Gasteiger partial charge in [-0.1, -0.05) is 133 Å². The number of allylic oxidation sites excluding steroid dienone is 4. The second-order valence-corrected chi connectivity index (χ2v) is 16.5. The van der Waals surface area contributed by atoms with E-state index in [1.54, 1.807) is 0 Å². The van der Waals surface area contributed by atoms with Gasteiger partial charge in [-0.15, -0.1) is 0 Å². The van der Waals surface area contributed by atoms with Gasteiger partial charge in [-0.05, 0) is 110 Å². The average Bonchev–Trinajstić information content (AvgIpc) is 3.05. The van der Waals surface area contributed by atoms with Crippen LogP contribution in [0.2, 0.25) is 0 Å². The molecule has 3 nitrogen and oxygen atoms in total. The predicted octanol–water partition coefficient (Wildman–Crippen LogP) is 10.2. The van der Waals surface area contributed by atoms with Crippen LogP contribution in [0.3, 0.4) is 0 Å². The summed E-state index contributed by atoms with van der Waals surface area (Å²) in [7, 11) is 4.05. The Morgan fingerprint density at radius 3 is 2.38 bits per heavy atom. The normalized spacial score (nSPS) is 28.1. The van der Waals surface area contributed by atoms with Gasteiger partial charge in [0.1, 0.15) is 0 Å². The largest absolute Gasteiger partial charge is 0.481 e. The number of carbonyl (C=O) groups is 1. The summed E-state index contributed by atoms with van der Waals surface area (Å²) in [6, 6.07) is 19.9. The molecule has 0 radical (unpaired) electrons. The van der Waals surface area contributed by atoms with Crippen molar-refractivity contribution >= 4 is 27.6 Å². The number of carboxylic acids is 1. The lowest BCUT2D eigenvalue weighted by Gasteiger charge is -2.42. The minimum Gasteiger partial charge on any atom is -0.481 e. The first kappa shape index (κ1) is 34.4. The van der Waals surface area contributed by atoms with Gasteiger partial charge in [0.05, 0.1) is 0 Å². The molecular weight excluding hydrogens is 591 g/mol. The molecule has 2 aliphatic carbocycles. The number of rotatable bonds is 11. The summed E-state index contributed by atoms with van der Waals surface area (Å²) in [6.07, 6.45) is 24.8. The fraction of sp³-hybridized carbons (Fsp3) is 0.575. The van der Waals surface area contributed by atoms with Gasteiger partial charge in [-0.2, -0.15) is 0 Å². The highest BCUT2D eigenvalue weighted by atomic mass is 33.1. The van der Waals surface area contributed by atoms with E-state index in [1.165, 1.54) is 61.6 Å². The van der Waals surface area contributed by atoms with Crippen molar-refractivity contribution in [2.45, 2.75) is 89.2 Å². The van der Waals surface area contributed by atoms with Crippen LogP contribution in [-0.4, -0.2) is 23.4 Å². The highest BCUT2D eigenvalue weighted by Crippen LogP contribution is 2.46. The van der Waals surface area contributed by atoms with Crippen molar-refractivity contribution in [3.8, 4) is 0 Å².